The number of fused-ring (bicyclic) bond motifs is 1. The first-order valence-electron chi connectivity index (χ1n) is 7.71. The van der Waals surface area contributed by atoms with E-state index in [2.05, 4.69) is 15.2 Å². The fourth-order valence-electron chi connectivity index (χ4n) is 2.54. The lowest BCUT2D eigenvalue weighted by atomic mass is 10.2. The monoisotopic (exact) mass is 402 g/mol. The number of benzene rings is 2. The average molecular weight is 403 g/mol. The summed E-state index contributed by atoms with van der Waals surface area (Å²) in [6.45, 7) is 0. The van der Waals surface area contributed by atoms with E-state index in [0.717, 1.165) is 5.56 Å². The highest BCUT2D eigenvalue weighted by Gasteiger charge is 2.15. The lowest BCUT2D eigenvalue weighted by Crippen LogP contribution is -2.21. The number of thioether (sulfide) groups is 1. The molecule has 0 fully saturated rings. The Morgan fingerprint density at radius 2 is 1.88 bits per heavy atom. The van der Waals surface area contributed by atoms with Crippen LogP contribution < -0.4 is 5.56 Å². The van der Waals surface area contributed by atoms with E-state index in [1.165, 1.54) is 18.0 Å². The lowest BCUT2D eigenvalue weighted by Gasteiger charge is -2.12. The minimum absolute atomic E-state index is 0.190. The molecule has 26 heavy (non-hydrogen) atoms. The number of nitrogens with one attached hydrogen (secondary N) is 1. The topological polar surface area (TPSA) is 63.6 Å². The summed E-state index contributed by atoms with van der Waals surface area (Å²) in [6.07, 6.45) is 1.49. The van der Waals surface area contributed by atoms with Gasteiger partial charge in [0.1, 0.15) is 5.39 Å². The van der Waals surface area contributed by atoms with Gasteiger partial charge >= 0.3 is 0 Å². The minimum atomic E-state index is -0.190. The predicted octanol–water partition coefficient (Wildman–Crippen LogP) is 4.71. The van der Waals surface area contributed by atoms with Crippen LogP contribution in [0.5, 0.6) is 0 Å². The van der Waals surface area contributed by atoms with E-state index in [9.17, 15) is 4.79 Å². The van der Waals surface area contributed by atoms with Crippen molar-refractivity contribution in [3.05, 3.63) is 80.7 Å². The molecule has 0 amide bonds. The van der Waals surface area contributed by atoms with Crippen LogP contribution >= 0.6 is 35.0 Å². The lowest BCUT2D eigenvalue weighted by molar-refractivity contribution is 0.816. The maximum Gasteiger partial charge on any atom is 0.269 e. The third kappa shape index (κ3) is 3.35. The van der Waals surface area contributed by atoms with E-state index in [4.69, 9.17) is 23.2 Å². The summed E-state index contributed by atoms with van der Waals surface area (Å²) in [5, 5.41) is 8.93. The van der Waals surface area contributed by atoms with Gasteiger partial charge in [0.05, 0.1) is 11.9 Å². The van der Waals surface area contributed by atoms with Gasteiger partial charge in [-0.1, -0.05) is 53.2 Å². The minimum Gasteiger partial charge on any atom is -0.268 e. The van der Waals surface area contributed by atoms with Gasteiger partial charge in [0, 0.05) is 15.8 Å². The van der Waals surface area contributed by atoms with Gasteiger partial charge in [0.15, 0.2) is 10.8 Å². The van der Waals surface area contributed by atoms with Crippen LogP contribution in [0, 0.1) is 0 Å². The second kappa shape index (κ2) is 7.15. The molecule has 130 valence electrons. The zero-order valence-electron chi connectivity index (χ0n) is 13.3. The van der Waals surface area contributed by atoms with Crippen molar-refractivity contribution in [1.29, 1.82) is 0 Å². The maximum atomic E-state index is 13.0. The molecule has 0 aliphatic carbocycles. The van der Waals surface area contributed by atoms with Gasteiger partial charge in [-0.25, -0.2) is 4.98 Å². The van der Waals surface area contributed by atoms with E-state index in [0.29, 0.717) is 37.7 Å². The first kappa shape index (κ1) is 17.1. The van der Waals surface area contributed by atoms with Gasteiger partial charge in [-0.2, -0.15) is 5.10 Å². The fraction of sp³-hybridized carbons (Fsp3) is 0.0556. The number of H-pyrrole nitrogens is 1. The zero-order valence-corrected chi connectivity index (χ0v) is 15.6. The van der Waals surface area contributed by atoms with Gasteiger partial charge in [-0.05, 0) is 35.9 Å². The summed E-state index contributed by atoms with van der Waals surface area (Å²) in [5.74, 6) is 0.643. The van der Waals surface area contributed by atoms with E-state index in [1.807, 2.05) is 30.3 Å². The van der Waals surface area contributed by atoms with Crippen LogP contribution in [0.4, 0.5) is 0 Å². The van der Waals surface area contributed by atoms with Crippen molar-refractivity contribution in [2.45, 2.75) is 10.9 Å². The molecule has 0 spiro atoms. The van der Waals surface area contributed by atoms with Crippen molar-refractivity contribution < 1.29 is 0 Å². The number of hydrogen-bond acceptors (Lipinski definition) is 4. The van der Waals surface area contributed by atoms with Crippen molar-refractivity contribution in [3.63, 3.8) is 0 Å². The summed E-state index contributed by atoms with van der Waals surface area (Å²) in [7, 11) is 0. The highest BCUT2D eigenvalue weighted by atomic mass is 35.5. The van der Waals surface area contributed by atoms with Crippen molar-refractivity contribution in [2.24, 2.45) is 0 Å². The predicted molar refractivity (Wildman–Crippen MR) is 106 cm³/mol. The molecular weight excluding hydrogens is 391 g/mol. The molecule has 0 atom stereocenters. The van der Waals surface area contributed by atoms with Gasteiger partial charge in [0.25, 0.3) is 5.56 Å². The van der Waals surface area contributed by atoms with Crippen molar-refractivity contribution >= 4 is 46.0 Å². The van der Waals surface area contributed by atoms with Crippen molar-refractivity contribution in [1.82, 2.24) is 19.7 Å². The first-order chi connectivity index (χ1) is 12.6. The SMILES string of the molecule is O=c1c2cn[nH]c2nc(SCc2ccc(Cl)cc2)n1-c1cccc(Cl)c1. The normalized spacial score (nSPS) is 11.2. The molecule has 0 saturated heterocycles. The number of rotatable bonds is 4. The Morgan fingerprint density at radius 3 is 2.65 bits per heavy atom. The Morgan fingerprint density at radius 1 is 1.08 bits per heavy atom. The molecule has 2 heterocycles. The highest BCUT2D eigenvalue weighted by Crippen LogP contribution is 2.25. The summed E-state index contributed by atoms with van der Waals surface area (Å²) in [5.41, 5.74) is 2.02. The maximum absolute atomic E-state index is 13.0. The number of aromatic nitrogens is 4. The van der Waals surface area contributed by atoms with Crippen LogP contribution in [0.2, 0.25) is 10.0 Å². The molecular formula is C18H12Cl2N4OS. The quantitative estimate of drug-likeness (QED) is 0.396. The van der Waals surface area contributed by atoms with Gasteiger partial charge < -0.3 is 0 Å². The molecule has 0 radical (unpaired) electrons. The van der Waals surface area contributed by atoms with Crippen LogP contribution in [0.25, 0.3) is 16.7 Å². The van der Waals surface area contributed by atoms with E-state index < -0.39 is 0 Å². The number of aromatic amines is 1. The molecule has 0 bridgehead atoms. The van der Waals surface area contributed by atoms with Crippen LogP contribution in [0.15, 0.2) is 64.7 Å². The Bertz CT molecular complexity index is 1140. The third-order valence-corrected chi connectivity index (χ3v) is 5.30. The second-order valence-corrected chi connectivity index (χ2v) is 7.38. The molecule has 1 N–H and O–H groups in total. The molecule has 5 nitrogen and oxygen atoms in total. The summed E-state index contributed by atoms with van der Waals surface area (Å²) in [6, 6.07) is 14.7. The Hall–Kier alpha value is -2.28. The molecule has 0 aliphatic rings. The zero-order chi connectivity index (χ0) is 18.1. The molecule has 8 heteroatoms. The molecule has 0 saturated carbocycles. The number of hydrogen-bond donors (Lipinski definition) is 1. The molecule has 2 aromatic carbocycles. The van der Waals surface area contributed by atoms with Crippen LogP contribution in [0.1, 0.15) is 5.56 Å². The Balaban J connectivity index is 1.80. The van der Waals surface area contributed by atoms with E-state index in [-0.39, 0.29) is 5.56 Å². The van der Waals surface area contributed by atoms with Crippen LogP contribution in [-0.4, -0.2) is 19.7 Å². The average Bonchev–Trinajstić information content (AvgIpc) is 3.10. The van der Waals surface area contributed by atoms with Gasteiger partial charge in [-0.3, -0.25) is 14.5 Å². The van der Waals surface area contributed by atoms with E-state index in [1.54, 1.807) is 22.8 Å². The number of nitrogens with zero attached hydrogens (tertiary/aromatic N) is 3. The Labute approximate surface area is 163 Å². The number of halogens is 2. The van der Waals surface area contributed by atoms with Crippen LogP contribution in [0.3, 0.4) is 0 Å². The Kier molecular flexibility index (Phi) is 4.72. The third-order valence-electron chi connectivity index (χ3n) is 3.80. The molecule has 0 aliphatic heterocycles. The van der Waals surface area contributed by atoms with Crippen LogP contribution in [-0.2, 0) is 5.75 Å². The van der Waals surface area contributed by atoms with Gasteiger partial charge in [-0.15, -0.1) is 0 Å². The smallest absolute Gasteiger partial charge is 0.268 e. The summed E-state index contributed by atoms with van der Waals surface area (Å²) in [4.78, 5) is 17.5. The summed E-state index contributed by atoms with van der Waals surface area (Å²) < 4.78 is 1.56. The van der Waals surface area contributed by atoms with Crippen molar-refractivity contribution in [3.8, 4) is 5.69 Å². The molecule has 4 aromatic rings. The second-order valence-electron chi connectivity index (χ2n) is 5.56. The molecule has 4 rings (SSSR count). The standard InChI is InChI=1S/C18H12Cl2N4OS/c19-12-6-4-11(5-7-12)10-26-18-22-16-15(9-21-23-16)17(25)24(18)14-3-1-2-13(20)8-14/h1-9H,10H2,(H,21,23). The molecule has 0 unspecified atom stereocenters. The summed E-state index contributed by atoms with van der Waals surface area (Å²) >= 11 is 13.5. The highest BCUT2D eigenvalue weighted by molar-refractivity contribution is 7.98. The van der Waals surface area contributed by atoms with Gasteiger partial charge in [0.2, 0.25) is 0 Å². The fourth-order valence-corrected chi connectivity index (χ4v) is 3.81. The van der Waals surface area contributed by atoms with Crippen molar-refractivity contribution in [2.75, 3.05) is 0 Å². The largest absolute Gasteiger partial charge is 0.269 e. The molecule has 2 aromatic heterocycles. The first-order valence-corrected chi connectivity index (χ1v) is 9.45. The van der Waals surface area contributed by atoms with E-state index >= 15 is 0 Å².